The van der Waals surface area contributed by atoms with Crippen molar-refractivity contribution < 1.29 is 9.53 Å². The first-order valence-electron chi connectivity index (χ1n) is 12.1. The van der Waals surface area contributed by atoms with E-state index in [-0.39, 0.29) is 18.1 Å². The predicted molar refractivity (Wildman–Crippen MR) is 141 cm³/mol. The fourth-order valence-corrected chi connectivity index (χ4v) is 4.82. The molecule has 1 amide bonds. The summed E-state index contributed by atoms with van der Waals surface area (Å²) in [6.45, 7) is 1.58. The maximum Gasteiger partial charge on any atom is 0.407 e. The van der Waals surface area contributed by atoms with Crippen LogP contribution < -0.4 is 10.6 Å². The minimum absolute atomic E-state index is 0.158. The minimum atomic E-state index is -0.383. The maximum atomic E-state index is 12.5. The van der Waals surface area contributed by atoms with Crippen LogP contribution in [0.1, 0.15) is 16.7 Å². The van der Waals surface area contributed by atoms with Crippen molar-refractivity contribution in [2.75, 3.05) is 18.4 Å². The molecule has 0 saturated heterocycles. The smallest absolute Gasteiger partial charge is 0.407 e. The van der Waals surface area contributed by atoms with Crippen LogP contribution in [0.2, 0.25) is 0 Å². The van der Waals surface area contributed by atoms with Gasteiger partial charge in [-0.25, -0.2) is 4.79 Å². The molecule has 0 bridgehead atoms. The predicted octanol–water partition coefficient (Wildman–Crippen LogP) is 6.48. The molecule has 4 heteroatoms. The Morgan fingerprint density at radius 2 is 1.43 bits per heavy atom. The molecule has 1 heterocycles. The lowest BCUT2D eigenvalue weighted by atomic mass is 9.74. The lowest BCUT2D eigenvalue weighted by Crippen LogP contribution is -2.47. The molecular weight excluding hydrogens is 432 g/mol. The second-order valence-electron chi connectivity index (χ2n) is 9.34. The molecule has 0 radical (unpaired) electrons. The summed E-state index contributed by atoms with van der Waals surface area (Å²) in [7, 11) is 0. The van der Waals surface area contributed by atoms with E-state index in [1.807, 2.05) is 36.4 Å². The summed E-state index contributed by atoms with van der Waals surface area (Å²) < 4.78 is 5.48. The van der Waals surface area contributed by atoms with E-state index in [1.54, 1.807) is 0 Å². The Balaban J connectivity index is 1.30. The van der Waals surface area contributed by atoms with Crippen LogP contribution in [0.5, 0.6) is 0 Å². The zero-order valence-electron chi connectivity index (χ0n) is 19.7. The zero-order chi connectivity index (χ0) is 23.9. The van der Waals surface area contributed by atoms with Crippen molar-refractivity contribution in [3.05, 3.63) is 126 Å². The first-order valence-corrected chi connectivity index (χ1v) is 12.1. The van der Waals surface area contributed by atoms with Crippen LogP contribution in [0.25, 0.3) is 11.1 Å². The van der Waals surface area contributed by atoms with Gasteiger partial charge in [-0.2, -0.15) is 0 Å². The molecule has 5 rings (SSSR count). The molecule has 4 aromatic rings. The molecule has 1 aliphatic rings. The Morgan fingerprint density at radius 3 is 2.20 bits per heavy atom. The van der Waals surface area contributed by atoms with E-state index in [1.165, 1.54) is 27.9 Å². The third-order valence-corrected chi connectivity index (χ3v) is 6.70. The summed E-state index contributed by atoms with van der Waals surface area (Å²) in [5.74, 6) is 0. The van der Waals surface area contributed by atoms with Crippen LogP contribution in [0.3, 0.4) is 0 Å². The number of carbonyl (C=O) groups excluding carboxylic acids is 1. The number of ether oxygens (including phenoxy) is 1. The van der Waals surface area contributed by atoms with E-state index in [4.69, 9.17) is 4.74 Å². The molecule has 35 heavy (non-hydrogen) atoms. The number of rotatable bonds is 7. The first kappa shape index (κ1) is 22.7. The third-order valence-electron chi connectivity index (χ3n) is 6.70. The quantitative estimate of drug-likeness (QED) is 0.331. The summed E-state index contributed by atoms with van der Waals surface area (Å²) in [4.78, 5) is 12.5. The molecule has 0 aliphatic carbocycles. The average Bonchev–Trinajstić information content (AvgIpc) is 2.92. The Bertz CT molecular complexity index is 1260. The standard InChI is InChI=1S/C31H30N2O2/c34-30(35-21-25-9-3-1-4-10-25)33-23-31(20-28-13-7-8-14-29(28)32-22-31)19-24-15-17-27(18-16-24)26-11-5-2-6-12-26/h1-18,32H,19-23H2,(H,33,34). The molecule has 0 saturated carbocycles. The number of benzene rings is 4. The average molecular weight is 463 g/mol. The fraction of sp³-hybridized carbons (Fsp3) is 0.194. The van der Waals surface area contributed by atoms with Crippen LogP contribution in [-0.2, 0) is 24.2 Å². The van der Waals surface area contributed by atoms with Crippen LogP contribution >= 0.6 is 0 Å². The number of anilines is 1. The van der Waals surface area contributed by atoms with Crippen molar-refractivity contribution in [3.8, 4) is 11.1 Å². The molecule has 0 spiro atoms. The fourth-order valence-electron chi connectivity index (χ4n) is 4.82. The number of alkyl carbamates (subject to hydrolysis) is 1. The van der Waals surface area contributed by atoms with E-state index in [2.05, 4.69) is 83.4 Å². The van der Waals surface area contributed by atoms with Gasteiger partial charge >= 0.3 is 6.09 Å². The molecule has 1 unspecified atom stereocenters. The van der Waals surface area contributed by atoms with Gasteiger partial charge in [0.1, 0.15) is 6.61 Å². The van der Waals surface area contributed by atoms with Gasteiger partial charge in [0.15, 0.2) is 0 Å². The molecule has 0 fully saturated rings. The number of carbonyl (C=O) groups is 1. The molecule has 4 nitrogen and oxygen atoms in total. The second kappa shape index (κ2) is 10.5. The van der Waals surface area contributed by atoms with Gasteiger partial charge in [0.2, 0.25) is 0 Å². The lowest BCUT2D eigenvalue weighted by molar-refractivity contribution is 0.133. The molecule has 4 aromatic carbocycles. The van der Waals surface area contributed by atoms with Gasteiger partial charge in [0, 0.05) is 24.2 Å². The van der Waals surface area contributed by atoms with Crippen LogP contribution in [0, 0.1) is 5.41 Å². The lowest BCUT2D eigenvalue weighted by Gasteiger charge is -2.39. The zero-order valence-corrected chi connectivity index (χ0v) is 19.7. The third kappa shape index (κ3) is 5.72. The summed E-state index contributed by atoms with van der Waals surface area (Å²) in [5.41, 5.74) is 6.94. The van der Waals surface area contributed by atoms with Crippen molar-refractivity contribution in [2.24, 2.45) is 5.41 Å². The van der Waals surface area contributed by atoms with E-state index in [0.717, 1.165) is 24.9 Å². The number of nitrogens with one attached hydrogen (secondary N) is 2. The molecular formula is C31H30N2O2. The molecule has 0 aromatic heterocycles. The van der Waals surface area contributed by atoms with Gasteiger partial charge in [-0.3, -0.25) is 0 Å². The molecule has 1 atom stereocenters. The monoisotopic (exact) mass is 462 g/mol. The Morgan fingerprint density at radius 1 is 0.771 bits per heavy atom. The number of fused-ring (bicyclic) bond motifs is 1. The highest BCUT2D eigenvalue weighted by molar-refractivity contribution is 5.67. The van der Waals surface area contributed by atoms with Crippen molar-refractivity contribution in [1.82, 2.24) is 5.32 Å². The van der Waals surface area contributed by atoms with Gasteiger partial charge in [0.05, 0.1) is 0 Å². The molecule has 176 valence electrons. The summed E-state index contributed by atoms with van der Waals surface area (Å²) in [6.07, 6.45) is 1.35. The maximum absolute atomic E-state index is 12.5. The number of hydrogen-bond donors (Lipinski definition) is 2. The Hall–Kier alpha value is -4.05. The Labute approximate surface area is 207 Å². The highest BCUT2D eigenvalue weighted by Crippen LogP contribution is 2.35. The van der Waals surface area contributed by atoms with Crippen LogP contribution in [0.15, 0.2) is 109 Å². The normalized spacial score (nSPS) is 16.6. The van der Waals surface area contributed by atoms with Gasteiger partial charge in [0.25, 0.3) is 0 Å². The van der Waals surface area contributed by atoms with Crippen LogP contribution in [-0.4, -0.2) is 19.2 Å². The van der Waals surface area contributed by atoms with E-state index < -0.39 is 0 Å². The highest BCUT2D eigenvalue weighted by atomic mass is 16.5. The van der Waals surface area contributed by atoms with Gasteiger partial charge in [-0.05, 0) is 46.7 Å². The van der Waals surface area contributed by atoms with E-state index in [9.17, 15) is 4.79 Å². The summed E-state index contributed by atoms with van der Waals surface area (Å²) in [5, 5.41) is 6.65. The summed E-state index contributed by atoms with van der Waals surface area (Å²) >= 11 is 0. The highest BCUT2D eigenvalue weighted by Gasteiger charge is 2.35. The van der Waals surface area contributed by atoms with Crippen molar-refractivity contribution in [3.63, 3.8) is 0 Å². The van der Waals surface area contributed by atoms with Gasteiger partial charge in [-0.15, -0.1) is 0 Å². The topological polar surface area (TPSA) is 50.4 Å². The van der Waals surface area contributed by atoms with Crippen molar-refractivity contribution in [1.29, 1.82) is 0 Å². The minimum Gasteiger partial charge on any atom is -0.445 e. The number of amides is 1. The molecule has 1 aliphatic heterocycles. The van der Waals surface area contributed by atoms with E-state index in [0.29, 0.717) is 6.54 Å². The van der Waals surface area contributed by atoms with Gasteiger partial charge in [-0.1, -0.05) is 103 Å². The van der Waals surface area contributed by atoms with Crippen molar-refractivity contribution >= 4 is 11.8 Å². The largest absolute Gasteiger partial charge is 0.445 e. The first-order chi connectivity index (χ1) is 17.2. The Kier molecular flexibility index (Phi) is 6.80. The van der Waals surface area contributed by atoms with Crippen molar-refractivity contribution in [2.45, 2.75) is 19.4 Å². The van der Waals surface area contributed by atoms with Crippen LogP contribution in [0.4, 0.5) is 10.5 Å². The number of para-hydroxylation sites is 1. The second-order valence-corrected chi connectivity index (χ2v) is 9.34. The number of hydrogen-bond acceptors (Lipinski definition) is 3. The van der Waals surface area contributed by atoms with Gasteiger partial charge < -0.3 is 15.4 Å². The van der Waals surface area contributed by atoms with E-state index >= 15 is 0 Å². The molecule has 2 N–H and O–H groups in total. The summed E-state index contributed by atoms with van der Waals surface area (Å²) in [6, 6.07) is 37.4. The SMILES string of the molecule is O=C(NCC1(Cc2ccc(-c3ccccc3)cc2)CNc2ccccc2C1)OCc1ccccc1.